The van der Waals surface area contributed by atoms with Gasteiger partial charge in [0.15, 0.2) is 9.84 Å². The third-order valence-electron chi connectivity index (χ3n) is 5.23. The number of hydrogen-bond donors (Lipinski definition) is 1. The molecule has 0 spiro atoms. The fourth-order valence-corrected chi connectivity index (χ4v) is 4.63. The molecule has 0 aliphatic carbocycles. The Kier molecular flexibility index (Phi) is 6.30. The van der Waals surface area contributed by atoms with E-state index in [1.807, 2.05) is 0 Å². The Morgan fingerprint density at radius 3 is 2.48 bits per heavy atom. The SMILES string of the molecule is Cc1ncc(-c2ccc(S(=O)(=O)C(C)CCO)cc2)nc1-c1nnc(-c2ccccc2F)o1.[HH].[HH]. The molecule has 33 heavy (non-hydrogen) atoms. The number of hydrogen-bond acceptors (Lipinski definition) is 8. The van der Waals surface area contributed by atoms with Crippen LogP contribution in [0.1, 0.15) is 21.9 Å². The summed E-state index contributed by atoms with van der Waals surface area (Å²) in [5, 5.41) is 16.3. The molecule has 0 fully saturated rings. The Morgan fingerprint density at radius 1 is 1.09 bits per heavy atom. The van der Waals surface area contributed by atoms with Gasteiger partial charge in [0.05, 0.1) is 33.3 Å². The van der Waals surface area contributed by atoms with Crippen LogP contribution in [0.5, 0.6) is 0 Å². The predicted molar refractivity (Wildman–Crippen MR) is 123 cm³/mol. The van der Waals surface area contributed by atoms with Gasteiger partial charge in [0.25, 0.3) is 11.8 Å². The fraction of sp³-hybridized carbons (Fsp3) is 0.217. The second-order valence-electron chi connectivity index (χ2n) is 7.47. The van der Waals surface area contributed by atoms with Crippen molar-refractivity contribution >= 4 is 9.84 Å². The zero-order valence-electron chi connectivity index (χ0n) is 17.9. The van der Waals surface area contributed by atoms with Crippen LogP contribution in [0.3, 0.4) is 0 Å². The van der Waals surface area contributed by atoms with Crippen molar-refractivity contribution < 1.29 is 25.2 Å². The van der Waals surface area contributed by atoms with Crippen molar-refractivity contribution in [2.24, 2.45) is 0 Å². The first-order valence-corrected chi connectivity index (χ1v) is 11.7. The molecule has 0 saturated heterocycles. The molecule has 4 aromatic rings. The summed E-state index contributed by atoms with van der Waals surface area (Å²) in [7, 11) is -3.55. The molecule has 0 radical (unpaired) electrons. The fourth-order valence-electron chi connectivity index (χ4n) is 3.24. The molecule has 0 aliphatic heterocycles. The normalized spacial score (nSPS) is 12.6. The van der Waals surface area contributed by atoms with Crippen LogP contribution >= 0.6 is 0 Å². The maximum absolute atomic E-state index is 14.1. The highest BCUT2D eigenvalue weighted by atomic mass is 32.2. The Hall–Kier alpha value is -3.50. The second-order valence-corrected chi connectivity index (χ2v) is 9.84. The van der Waals surface area contributed by atoms with Crippen LogP contribution in [0, 0.1) is 12.7 Å². The lowest BCUT2D eigenvalue weighted by Crippen LogP contribution is -2.19. The number of halogens is 1. The highest BCUT2D eigenvalue weighted by Gasteiger charge is 2.23. The van der Waals surface area contributed by atoms with Crippen LogP contribution in [-0.4, -0.2) is 45.5 Å². The Labute approximate surface area is 193 Å². The summed E-state index contributed by atoms with van der Waals surface area (Å²) < 4.78 is 44.9. The summed E-state index contributed by atoms with van der Waals surface area (Å²) in [5.41, 5.74) is 2.19. The highest BCUT2D eigenvalue weighted by molar-refractivity contribution is 7.92. The van der Waals surface area contributed by atoms with E-state index < -0.39 is 20.9 Å². The van der Waals surface area contributed by atoms with E-state index in [1.54, 1.807) is 50.4 Å². The minimum Gasteiger partial charge on any atom is -0.414 e. The summed E-state index contributed by atoms with van der Waals surface area (Å²) in [5.74, 6) is -0.356. The first-order chi connectivity index (χ1) is 15.8. The number of nitrogens with zero attached hydrogens (tertiary/aromatic N) is 4. The van der Waals surface area contributed by atoms with E-state index >= 15 is 0 Å². The zero-order chi connectivity index (χ0) is 23.6. The molecule has 1 atom stereocenters. The van der Waals surface area contributed by atoms with E-state index in [2.05, 4.69) is 20.2 Å². The van der Waals surface area contributed by atoms with Crippen molar-refractivity contribution in [1.82, 2.24) is 20.2 Å². The molecule has 2 aromatic heterocycles. The standard InChI is InChI=1S/C23H21FN4O4S.2H2/c1-14(11-12-29)33(30,31)17-9-7-16(8-10-17)20-13-25-15(2)21(26-20)23-28-27-22(32-23)18-5-3-4-6-19(18)24;;/h3-10,13-14,29H,11-12H2,1-2H3;2*1H. The van der Waals surface area contributed by atoms with Gasteiger partial charge in [-0.3, -0.25) is 4.98 Å². The average molecular weight is 473 g/mol. The van der Waals surface area contributed by atoms with E-state index in [1.165, 1.54) is 18.2 Å². The number of sulfone groups is 1. The molecule has 0 saturated carbocycles. The maximum atomic E-state index is 14.1. The summed E-state index contributed by atoms with van der Waals surface area (Å²) >= 11 is 0. The molecular weight excluding hydrogens is 447 g/mol. The first kappa shape index (κ1) is 22.7. The van der Waals surface area contributed by atoms with E-state index in [4.69, 9.17) is 9.52 Å². The summed E-state index contributed by atoms with van der Waals surface area (Å²) in [4.78, 5) is 9.07. The quantitative estimate of drug-likeness (QED) is 0.422. The van der Waals surface area contributed by atoms with E-state index in [0.29, 0.717) is 22.6 Å². The van der Waals surface area contributed by atoms with Crippen molar-refractivity contribution in [3.8, 4) is 34.3 Å². The van der Waals surface area contributed by atoms with Crippen LogP contribution in [-0.2, 0) is 9.84 Å². The second kappa shape index (κ2) is 9.16. The Bertz CT molecular complexity index is 1400. The van der Waals surface area contributed by atoms with Gasteiger partial charge in [0.1, 0.15) is 11.5 Å². The number of aryl methyl sites for hydroxylation is 1. The van der Waals surface area contributed by atoms with Gasteiger partial charge in [-0.2, -0.15) is 0 Å². The van der Waals surface area contributed by atoms with Crippen LogP contribution in [0.2, 0.25) is 0 Å². The summed E-state index contributed by atoms with van der Waals surface area (Å²) in [6, 6.07) is 12.4. The molecular formula is C23H25FN4O4S. The zero-order valence-corrected chi connectivity index (χ0v) is 18.8. The average Bonchev–Trinajstić information content (AvgIpc) is 3.30. The third-order valence-corrected chi connectivity index (χ3v) is 7.46. The van der Waals surface area contributed by atoms with Gasteiger partial charge in [-0.1, -0.05) is 24.3 Å². The van der Waals surface area contributed by atoms with E-state index in [-0.39, 0.29) is 38.1 Å². The summed E-state index contributed by atoms with van der Waals surface area (Å²) in [6.45, 7) is 3.10. The van der Waals surface area contributed by atoms with Gasteiger partial charge in [-0.25, -0.2) is 17.8 Å². The lowest BCUT2D eigenvalue weighted by atomic mass is 10.1. The topological polar surface area (TPSA) is 119 Å². The molecule has 8 nitrogen and oxygen atoms in total. The molecule has 10 heteroatoms. The van der Waals surface area contributed by atoms with Crippen LogP contribution < -0.4 is 0 Å². The van der Waals surface area contributed by atoms with Crippen molar-refractivity contribution in [2.45, 2.75) is 30.4 Å². The molecule has 0 amide bonds. The number of aliphatic hydroxyl groups is 1. The number of aliphatic hydroxyl groups excluding tert-OH is 1. The van der Waals surface area contributed by atoms with Gasteiger partial charge >= 0.3 is 0 Å². The van der Waals surface area contributed by atoms with Crippen LogP contribution in [0.15, 0.2) is 64.0 Å². The van der Waals surface area contributed by atoms with Crippen LogP contribution in [0.25, 0.3) is 34.3 Å². The predicted octanol–water partition coefficient (Wildman–Crippen LogP) is 4.34. The Morgan fingerprint density at radius 2 is 1.79 bits per heavy atom. The third kappa shape index (κ3) is 4.53. The highest BCUT2D eigenvalue weighted by Crippen LogP contribution is 2.28. The number of aromatic nitrogens is 4. The molecule has 174 valence electrons. The smallest absolute Gasteiger partial charge is 0.268 e. The monoisotopic (exact) mass is 472 g/mol. The summed E-state index contributed by atoms with van der Waals surface area (Å²) in [6.07, 6.45) is 1.72. The first-order valence-electron chi connectivity index (χ1n) is 10.2. The van der Waals surface area contributed by atoms with Crippen molar-refractivity contribution in [3.63, 3.8) is 0 Å². The van der Waals surface area contributed by atoms with Crippen molar-refractivity contribution in [2.75, 3.05) is 6.61 Å². The van der Waals surface area contributed by atoms with Crippen LogP contribution in [0.4, 0.5) is 4.39 Å². The minimum absolute atomic E-state index is 0. The van der Waals surface area contributed by atoms with Gasteiger partial charge in [-0.15, -0.1) is 10.2 Å². The lowest BCUT2D eigenvalue weighted by molar-refractivity contribution is 0.287. The van der Waals surface area contributed by atoms with Gasteiger partial charge in [0.2, 0.25) is 0 Å². The number of benzene rings is 2. The minimum atomic E-state index is -3.55. The molecule has 2 aromatic carbocycles. The largest absolute Gasteiger partial charge is 0.414 e. The molecule has 1 N–H and O–H groups in total. The van der Waals surface area contributed by atoms with Gasteiger partial charge in [-0.05, 0) is 44.5 Å². The number of rotatable bonds is 7. The molecule has 0 bridgehead atoms. The maximum Gasteiger partial charge on any atom is 0.268 e. The van der Waals surface area contributed by atoms with Gasteiger partial charge in [0, 0.05) is 15.0 Å². The lowest BCUT2D eigenvalue weighted by Gasteiger charge is -2.12. The van der Waals surface area contributed by atoms with Crippen molar-refractivity contribution in [3.05, 3.63) is 66.2 Å². The Balaban J connectivity index is 0.00000216. The van der Waals surface area contributed by atoms with E-state index in [9.17, 15) is 12.8 Å². The van der Waals surface area contributed by atoms with Gasteiger partial charge < -0.3 is 9.52 Å². The molecule has 1 unspecified atom stereocenters. The molecule has 0 aliphatic rings. The van der Waals surface area contributed by atoms with Crippen molar-refractivity contribution in [1.29, 1.82) is 0 Å². The molecule has 4 rings (SSSR count). The molecule has 2 heterocycles. The van der Waals surface area contributed by atoms with E-state index in [0.717, 1.165) is 0 Å².